The standard InChI is InChI=1S/C31H48O9SSi/c1-11-14-38-30-27(36-7)19-22(20-28(30)41(32,33)16-15-39-42(9,10)31(2,3)4)24-13-12-23(40-24)21-17-25(34-5)29(37-8)26(18-21)35-6/h17-20,23-24H,11-16H2,1-10H3/t23-,24-/m0/s1. The van der Waals surface area contributed by atoms with Gasteiger partial charge in [0.2, 0.25) is 5.75 Å². The van der Waals surface area contributed by atoms with Crippen molar-refractivity contribution in [3.05, 3.63) is 35.4 Å². The average molecular weight is 625 g/mol. The molecule has 3 rings (SSSR count). The monoisotopic (exact) mass is 624 g/mol. The van der Waals surface area contributed by atoms with E-state index in [1.807, 2.05) is 25.1 Å². The molecule has 42 heavy (non-hydrogen) atoms. The lowest BCUT2D eigenvalue weighted by atomic mass is 10.0. The molecule has 0 bridgehead atoms. The maximum absolute atomic E-state index is 13.8. The molecule has 1 aliphatic heterocycles. The van der Waals surface area contributed by atoms with Crippen molar-refractivity contribution in [3.63, 3.8) is 0 Å². The van der Waals surface area contributed by atoms with Crippen LogP contribution in [0, 0.1) is 0 Å². The van der Waals surface area contributed by atoms with Crippen molar-refractivity contribution in [3.8, 4) is 28.7 Å². The summed E-state index contributed by atoms with van der Waals surface area (Å²) in [5.41, 5.74) is 1.60. The first-order valence-corrected chi connectivity index (χ1v) is 19.0. The highest BCUT2D eigenvalue weighted by Crippen LogP contribution is 2.48. The van der Waals surface area contributed by atoms with Gasteiger partial charge in [0.1, 0.15) is 4.90 Å². The maximum atomic E-state index is 13.8. The number of ether oxygens (including phenoxy) is 6. The maximum Gasteiger partial charge on any atom is 0.203 e. The van der Waals surface area contributed by atoms with Gasteiger partial charge >= 0.3 is 0 Å². The van der Waals surface area contributed by atoms with Gasteiger partial charge in [-0.15, -0.1) is 0 Å². The van der Waals surface area contributed by atoms with E-state index in [0.29, 0.717) is 36.0 Å². The lowest BCUT2D eigenvalue weighted by molar-refractivity contribution is 0.0435. The van der Waals surface area contributed by atoms with Crippen molar-refractivity contribution >= 4 is 18.2 Å². The van der Waals surface area contributed by atoms with Crippen molar-refractivity contribution < 1.29 is 41.3 Å². The molecule has 2 aromatic rings. The quantitative estimate of drug-likeness (QED) is 0.208. The van der Waals surface area contributed by atoms with E-state index in [4.69, 9.17) is 32.8 Å². The van der Waals surface area contributed by atoms with Crippen LogP contribution in [-0.4, -0.2) is 64.1 Å². The molecule has 1 fully saturated rings. The van der Waals surface area contributed by atoms with E-state index < -0.39 is 18.2 Å². The summed E-state index contributed by atoms with van der Waals surface area (Å²) in [4.78, 5) is 0.101. The molecular formula is C31H48O9SSi. The molecule has 0 saturated carbocycles. The van der Waals surface area contributed by atoms with E-state index in [0.717, 1.165) is 24.0 Å². The summed E-state index contributed by atoms with van der Waals surface area (Å²) in [5, 5.41) is -0.0242. The van der Waals surface area contributed by atoms with Gasteiger partial charge in [-0.3, -0.25) is 0 Å². The molecule has 0 radical (unpaired) electrons. The van der Waals surface area contributed by atoms with Gasteiger partial charge in [0, 0.05) is 6.61 Å². The molecule has 0 amide bonds. The minimum atomic E-state index is -3.78. The van der Waals surface area contributed by atoms with Crippen LogP contribution in [0.3, 0.4) is 0 Å². The lowest BCUT2D eigenvalue weighted by Crippen LogP contribution is -2.41. The normalized spacial score (nSPS) is 17.7. The van der Waals surface area contributed by atoms with E-state index in [1.165, 1.54) is 7.11 Å². The molecule has 0 aromatic heterocycles. The topological polar surface area (TPSA) is 98.8 Å². The number of methoxy groups -OCH3 is 4. The Morgan fingerprint density at radius 3 is 1.76 bits per heavy atom. The van der Waals surface area contributed by atoms with Crippen LogP contribution < -0.4 is 23.7 Å². The van der Waals surface area contributed by atoms with Crippen LogP contribution in [0.5, 0.6) is 28.7 Å². The average Bonchev–Trinajstić information content (AvgIpc) is 3.44. The molecule has 1 saturated heterocycles. The molecule has 0 aliphatic carbocycles. The molecule has 236 valence electrons. The van der Waals surface area contributed by atoms with E-state index in [9.17, 15) is 8.42 Å². The van der Waals surface area contributed by atoms with Gasteiger partial charge in [0.15, 0.2) is 41.2 Å². The first kappa shape index (κ1) is 34.0. The summed E-state index contributed by atoms with van der Waals surface area (Å²) < 4.78 is 68.4. The molecule has 2 aromatic carbocycles. The summed E-state index contributed by atoms with van der Waals surface area (Å²) in [6, 6.07) is 7.26. The fourth-order valence-corrected chi connectivity index (χ4v) is 7.13. The summed E-state index contributed by atoms with van der Waals surface area (Å²) in [6.45, 7) is 13.1. The molecule has 1 heterocycles. The predicted molar refractivity (Wildman–Crippen MR) is 166 cm³/mol. The highest BCUT2D eigenvalue weighted by Gasteiger charge is 2.38. The minimum absolute atomic E-state index is 0.0242. The third-order valence-corrected chi connectivity index (χ3v) is 14.3. The van der Waals surface area contributed by atoms with Gasteiger partial charge in [-0.1, -0.05) is 27.7 Å². The molecule has 0 unspecified atom stereocenters. The minimum Gasteiger partial charge on any atom is -0.493 e. The van der Waals surface area contributed by atoms with Gasteiger partial charge < -0.3 is 32.8 Å². The molecule has 9 nitrogen and oxygen atoms in total. The van der Waals surface area contributed by atoms with Crippen LogP contribution in [0.1, 0.15) is 70.3 Å². The first-order valence-electron chi connectivity index (χ1n) is 14.4. The number of sulfone groups is 1. The van der Waals surface area contributed by atoms with E-state index in [-0.39, 0.29) is 40.3 Å². The van der Waals surface area contributed by atoms with Crippen LogP contribution >= 0.6 is 0 Å². The van der Waals surface area contributed by atoms with Crippen LogP contribution in [0.4, 0.5) is 0 Å². The van der Waals surface area contributed by atoms with Crippen LogP contribution in [0.15, 0.2) is 29.2 Å². The zero-order chi connectivity index (χ0) is 31.3. The summed E-state index contributed by atoms with van der Waals surface area (Å²) in [6.07, 6.45) is 1.54. The van der Waals surface area contributed by atoms with Gasteiger partial charge in [0.25, 0.3) is 0 Å². The number of benzene rings is 2. The molecular weight excluding hydrogens is 576 g/mol. The van der Waals surface area contributed by atoms with Crippen molar-refractivity contribution in [1.29, 1.82) is 0 Å². The smallest absolute Gasteiger partial charge is 0.203 e. The Bertz CT molecular complexity index is 1290. The zero-order valence-corrected chi connectivity index (χ0v) is 28.6. The third kappa shape index (κ3) is 7.53. The lowest BCUT2D eigenvalue weighted by Gasteiger charge is -2.36. The fraction of sp³-hybridized carbons (Fsp3) is 0.613. The molecule has 1 aliphatic rings. The van der Waals surface area contributed by atoms with Crippen LogP contribution in [-0.2, 0) is 19.0 Å². The number of hydrogen-bond acceptors (Lipinski definition) is 9. The van der Waals surface area contributed by atoms with Crippen LogP contribution in [0.2, 0.25) is 18.1 Å². The Hall–Kier alpha value is -2.47. The molecule has 0 spiro atoms. The Balaban J connectivity index is 1.95. The van der Waals surface area contributed by atoms with Gasteiger partial charge in [-0.2, -0.15) is 0 Å². The highest BCUT2D eigenvalue weighted by atomic mass is 32.2. The fourth-order valence-electron chi connectivity index (χ4n) is 4.66. The van der Waals surface area contributed by atoms with E-state index in [2.05, 4.69) is 33.9 Å². The second kappa shape index (κ2) is 13.9. The van der Waals surface area contributed by atoms with Gasteiger partial charge in [-0.25, -0.2) is 8.42 Å². The molecule has 0 N–H and O–H groups in total. The summed E-state index contributed by atoms with van der Waals surface area (Å²) >= 11 is 0. The van der Waals surface area contributed by atoms with E-state index >= 15 is 0 Å². The molecule has 2 atom stereocenters. The van der Waals surface area contributed by atoms with Crippen molar-refractivity contribution in [1.82, 2.24) is 0 Å². The summed E-state index contributed by atoms with van der Waals surface area (Å²) in [5.74, 6) is 2.05. The Morgan fingerprint density at radius 2 is 1.31 bits per heavy atom. The first-order chi connectivity index (χ1) is 19.7. The highest BCUT2D eigenvalue weighted by molar-refractivity contribution is 7.91. The molecule has 11 heteroatoms. The Labute approximate surface area is 252 Å². The van der Waals surface area contributed by atoms with Gasteiger partial charge in [0.05, 0.1) is 53.0 Å². The number of rotatable bonds is 14. The Kier molecular flexibility index (Phi) is 11.2. The van der Waals surface area contributed by atoms with Crippen molar-refractivity contribution in [2.75, 3.05) is 47.4 Å². The van der Waals surface area contributed by atoms with Crippen LogP contribution in [0.25, 0.3) is 0 Å². The summed E-state index contributed by atoms with van der Waals surface area (Å²) in [7, 11) is 0.342. The second-order valence-electron chi connectivity index (χ2n) is 12.0. The van der Waals surface area contributed by atoms with Crippen molar-refractivity contribution in [2.24, 2.45) is 0 Å². The third-order valence-electron chi connectivity index (χ3n) is 8.12. The zero-order valence-electron chi connectivity index (χ0n) is 26.8. The SMILES string of the molecule is CCCOc1c(OC)cc([C@@H]2CC[C@@H](c3cc(OC)c(OC)c(OC)c3)O2)cc1S(=O)(=O)CCO[Si](C)(C)C(C)(C)C. The van der Waals surface area contributed by atoms with Gasteiger partial charge in [-0.05, 0) is 72.8 Å². The van der Waals surface area contributed by atoms with Crippen molar-refractivity contribution in [2.45, 2.75) is 82.2 Å². The Morgan fingerprint density at radius 1 is 0.810 bits per heavy atom. The number of hydrogen-bond donors (Lipinski definition) is 0. The predicted octanol–water partition coefficient (Wildman–Crippen LogP) is 6.90. The largest absolute Gasteiger partial charge is 0.493 e. The second-order valence-corrected chi connectivity index (χ2v) is 18.9. The van der Waals surface area contributed by atoms with E-state index in [1.54, 1.807) is 27.4 Å².